The molecular formula is C27H27N3OS. The van der Waals surface area contributed by atoms with Crippen LogP contribution in [0.4, 0.5) is 5.13 Å². The minimum Gasteiger partial charge on any atom is -0.345 e. The number of amides is 1. The summed E-state index contributed by atoms with van der Waals surface area (Å²) < 4.78 is 1.23. The van der Waals surface area contributed by atoms with Crippen molar-refractivity contribution >= 4 is 32.6 Å². The summed E-state index contributed by atoms with van der Waals surface area (Å²) in [5.74, 6) is 0.117. The van der Waals surface area contributed by atoms with E-state index < -0.39 is 0 Å². The highest BCUT2D eigenvalue weighted by Crippen LogP contribution is 2.32. The maximum absolute atomic E-state index is 13.0. The smallest absolute Gasteiger partial charge is 0.253 e. The summed E-state index contributed by atoms with van der Waals surface area (Å²) in [5.41, 5.74) is 6.91. The number of fused-ring (bicyclic) bond motifs is 1. The molecule has 4 aromatic rings. The van der Waals surface area contributed by atoms with Crippen molar-refractivity contribution in [1.82, 2.24) is 9.88 Å². The summed E-state index contributed by atoms with van der Waals surface area (Å²) in [7, 11) is 0. The highest BCUT2D eigenvalue weighted by molar-refractivity contribution is 7.22. The fraction of sp³-hybridized carbons (Fsp3) is 0.259. The largest absolute Gasteiger partial charge is 0.345 e. The molecule has 32 heavy (non-hydrogen) atoms. The van der Waals surface area contributed by atoms with Gasteiger partial charge in [-0.05, 0) is 60.7 Å². The second kappa shape index (κ2) is 8.75. The summed E-state index contributed by atoms with van der Waals surface area (Å²) in [4.78, 5) is 22.2. The third kappa shape index (κ3) is 4.13. The third-order valence-corrected chi connectivity index (χ3v) is 7.44. The molecule has 0 radical (unpaired) electrons. The van der Waals surface area contributed by atoms with Crippen molar-refractivity contribution in [1.29, 1.82) is 0 Å². The molecule has 1 saturated heterocycles. The van der Waals surface area contributed by atoms with Crippen LogP contribution in [0.2, 0.25) is 0 Å². The number of hydrogen-bond donors (Lipinski definition) is 0. The van der Waals surface area contributed by atoms with Gasteiger partial charge in [0.2, 0.25) is 0 Å². The first-order valence-corrected chi connectivity index (χ1v) is 11.9. The Kier molecular flexibility index (Phi) is 5.66. The van der Waals surface area contributed by atoms with Gasteiger partial charge in [-0.15, -0.1) is 0 Å². The lowest BCUT2D eigenvalue weighted by molar-refractivity contribution is 0.0747. The van der Waals surface area contributed by atoms with Gasteiger partial charge >= 0.3 is 0 Å². The monoisotopic (exact) mass is 441 g/mol. The highest BCUT2D eigenvalue weighted by atomic mass is 32.1. The van der Waals surface area contributed by atoms with E-state index in [9.17, 15) is 4.79 Å². The first-order chi connectivity index (χ1) is 15.6. The Balaban J connectivity index is 1.22. The number of aryl methyl sites for hydroxylation is 2. The van der Waals surface area contributed by atoms with Crippen LogP contribution in [0.1, 0.15) is 32.6 Å². The lowest BCUT2D eigenvalue weighted by Gasteiger charge is -2.34. The number of carbonyl (C=O) groups excluding carboxylic acids is 1. The number of nitrogens with zero attached hydrogens (tertiary/aromatic N) is 3. The van der Waals surface area contributed by atoms with Gasteiger partial charge in [0.05, 0.1) is 10.2 Å². The summed E-state index contributed by atoms with van der Waals surface area (Å²) in [6, 6.07) is 22.8. The SMILES string of the molecule is Cc1ccc2sc(N3CCN(C(=O)c4ccc(Cc5ccccc5)cc4)CC3)nc2c1C. The maximum atomic E-state index is 13.0. The number of piperazine rings is 1. The molecule has 0 spiro atoms. The number of thiazole rings is 1. The second-order valence-electron chi connectivity index (χ2n) is 8.49. The van der Waals surface area contributed by atoms with E-state index in [1.165, 1.54) is 27.0 Å². The molecule has 0 aliphatic carbocycles. The molecule has 1 aliphatic rings. The molecule has 2 heterocycles. The van der Waals surface area contributed by atoms with Crippen LogP contribution in [-0.4, -0.2) is 42.0 Å². The fourth-order valence-corrected chi connectivity index (χ4v) is 5.31. The van der Waals surface area contributed by atoms with Gasteiger partial charge in [0.15, 0.2) is 5.13 Å². The zero-order valence-electron chi connectivity index (χ0n) is 18.5. The predicted octanol–water partition coefficient (Wildman–Crippen LogP) is 5.47. The molecule has 5 rings (SSSR count). The zero-order chi connectivity index (χ0) is 22.1. The molecule has 0 N–H and O–H groups in total. The zero-order valence-corrected chi connectivity index (χ0v) is 19.4. The van der Waals surface area contributed by atoms with Crippen LogP contribution in [0, 0.1) is 13.8 Å². The van der Waals surface area contributed by atoms with E-state index >= 15 is 0 Å². The minimum absolute atomic E-state index is 0.117. The molecule has 0 atom stereocenters. The number of aromatic nitrogens is 1. The van der Waals surface area contributed by atoms with Crippen LogP contribution in [0.5, 0.6) is 0 Å². The maximum Gasteiger partial charge on any atom is 0.253 e. The van der Waals surface area contributed by atoms with E-state index in [0.717, 1.165) is 48.8 Å². The predicted molar refractivity (Wildman–Crippen MR) is 133 cm³/mol. The van der Waals surface area contributed by atoms with E-state index in [1.54, 1.807) is 11.3 Å². The van der Waals surface area contributed by atoms with Crippen LogP contribution in [-0.2, 0) is 6.42 Å². The van der Waals surface area contributed by atoms with Crippen LogP contribution in [0.3, 0.4) is 0 Å². The summed E-state index contributed by atoms with van der Waals surface area (Å²) in [6.07, 6.45) is 0.884. The number of hydrogen-bond acceptors (Lipinski definition) is 4. The Labute approximate surface area is 193 Å². The van der Waals surface area contributed by atoms with Gasteiger partial charge in [-0.25, -0.2) is 4.98 Å². The Hall–Kier alpha value is -3.18. The Morgan fingerprint density at radius 1 is 0.875 bits per heavy atom. The number of rotatable bonds is 4. The van der Waals surface area contributed by atoms with Gasteiger partial charge in [0.1, 0.15) is 0 Å². The van der Waals surface area contributed by atoms with Gasteiger partial charge < -0.3 is 9.80 Å². The van der Waals surface area contributed by atoms with E-state index in [1.807, 2.05) is 23.1 Å². The molecule has 0 unspecified atom stereocenters. The average Bonchev–Trinajstić information content (AvgIpc) is 3.28. The first kappa shape index (κ1) is 20.7. The Bertz CT molecular complexity index is 1240. The first-order valence-electron chi connectivity index (χ1n) is 11.1. The molecule has 5 heteroatoms. The third-order valence-electron chi connectivity index (χ3n) is 6.36. The fourth-order valence-electron chi connectivity index (χ4n) is 4.23. The van der Waals surface area contributed by atoms with E-state index in [4.69, 9.17) is 4.98 Å². The van der Waals surface area contributed by atoms with Gasteiger partial charge in [-0.3, -0.25) is 4.79 Å². The topological polar surface area (TPSA) is 36.4 Å². The Morgan fingerprint density at radius 2 is 1.56 bits per heavy atom. The molecule has 0 saturated carbocycles. The Morgan fingerprint density at radius 3 is 2.28 bits per heavy atom. The second-order valence-corrected chi connectivity index (χ2v) is 9.50. The molecule has 3 aromatic carbocycles. The van der Waals surface area contributed by atoms with Crippen LogP contribution in [0.25, 0.3) is 10.2 Å². The van der Waals surface area contributed by atoms with Gasteiger partial charge in [0, 0.05) is 31.7 Å². The molecule has 1 aliphatic heterocycles. The van der Waals surface area contributed by atoms with Gasteiger partial charge in [-0.1, -0.05) is 59.9 Å². The number of anilines is 1. The number of carbonyl (C=O) groups is 1. The number of benzene rings is 3. The lowest BCUT2D eigenvalue weighted by atomic mass is 10.0. The quantitative estimate of drug-likeness (QED) is 0.422. The summed E-state index contributed by atoms with van der Waals surface area (Å²) in [5, 5.41) is 1.06. The standard InChI is InChI=1S/C27H27N3OS/c1-19-8-13-24-25(20(19)2)28-27(32-24)30-16-14-29(15-17-30)26(31)23-11-9-22(10-12-23)18-21-6-4-3-5-7-21/h3-13H,14-18H2,1-2H3. The molecular weight excluding hydrogens is 414 g/mol. The van der Waals surface area contributed by atoms with E-state index in [0.29, 0.717) is 0 Å². The van der Waals surface area contributed by atoms with Crippen molar-refractivity contribution in [2.24, 2.45) is 0 Å². The van der Waals surface area contributed by atoms with Crippen molar-refractivity contribution in [3.63, 3.8) is 0 Å². The average molecular weight is 442 g/mol. The molecule has 1 fully saturated rings. The highest BCUT2D eigenvalue weighted by Gasteiger charge is 2.24. The van der Waals surface area contributed by atoms with Gasteiger partial charge in [0.25, 0.3) is 5.91 Å². The normalized spacial score (nSPS) is 14.2. The van der Waals surface area contributed by atoms with E-state index in [-0.39, 0.29) is 5.91 Å². The molecule has 1 aromatic heterocycles. The summed E-state index contributed by atoms with van der Waals surface area (Å²) in [6.45, 7) is 7.34. The van der Waals surface area contributed by atoms with Crippen molar-refractivity contribution in [3.05, 3.63) is 94.5 Å². The van der Waals surface area contributed by atoms with Crippen LogP contribution in [0.15, 0.2) is 66.7 Å². The molecule has 0 bridgehead atoms. The van der Waals surface area contributed by atoms with Crippen molar-refractivity contribution in [2.45, 2.75) is 20.3 Å². The molecule has 1 amide bonds. The summed E-state index contributed by atoms with van der Waals surface area (Å²) >= 11 is 1.75. The van der Waals surface area contributed by atoms with E-state index in [2.05, 4.69) is 67.3 Å². The van der Waals surface area contributed by atoms with Crippen LogP contribution < -0.4 is 4.90 Å². The van der Waals surface area contributed by atoms with Crippen LogP contribution >= 0.6 is 11.3 Å². The lowest BCUT2D eigenvalue weighted by Crippen LogP contribution is -2.48. The molecule has 4 nitrogen and oxygen atoms in total. The van der Waals surface area contributed by atoms with Crippen molar-refractivity contribution < 1.29 is 4.79 Å². The molecule has 162 valence electrons. The van der Waals surface area contributed by atoms with Gasteiger partial charge in [-0.2, -0.15) is 0 Å². The van der Waals surface area contributed by atoms with Crippen molar-refractivity contribution in [2.75, 3.05) is 31.1 Å². The minimum atomic E-state index is 0.117. The van der Waals surface area contributed by atoms with Crippen molar-refractivity contribution in [3.8, 4) is 0 Å².